The van der Waals surface area contributed by atoms with Gasteiger partial charge in [0.1, 0.15) is 0 Å². The van der Waals surface area contributed by atoms with E-state index >= 15 is 0 Å². The van der Waals surface area contributed by atoms with E-state index in [1.54, 1.807) is 11.8 Å². The minimum atomic E-state index is -0.0692. The Morgan fingerprint density at radius 2 is 2.47 bits per heavy atom. The topological polar surface area (TPSA) is 44.1 Å². The van der Waals surface area contributed by atoms with Gasteiger partial charge in [0.05, 0.1) is 17.2 Å². The minimum absolute atomic E-state index is 0.0692. The van der Waals surface area contributed by atoms with Crippen LogP contribution in [0.5, 0.6) is 0 Å². The van der Waals surface area contributed by atoms with Crippen LogP contribution in [0.15, 0.2) is 0 Å². The summed E-state index contributed by atoms with van der Waals surface area (Å²) >= 11 is 1.75. The van der Waals surface area contributed by atoms with Crippen LogP contribution in [0.1, 0.15) is 26.7 Å². The monoisotopic (exact) mass is 226 g/mol. The zero-order valence-electron chi connectivity index (χ0n) is 9.40. The van der Waals surface area contributed by atoms with Crippen LogP contribution in [0.3, 0.4) is 0 Å². The van der Waals surface area contributed by atoms with Gasteiger partial charge in [0.2, 0.25) is 5.91 Å². The first kappa shape index (κ1) is 12.4. The fraction of sp³-hybridized carbons (Fsp3) is 0.818. The highest BCUT2D eigenvalue weighted by atomic mass is 32.2. The molecule has 4 heteroatoms. The third-order valence-electron chi connectivity index (χ3n) is 2.61. The summed E-state index contributed by atoms with van der Waals surface area (Å²) in [5, 5.41) is 8.88. The van der Waals surface area contributed by atoms with Crippen LogP contribution >= 0.6 is 11.8 Å². The van der Waals surface area contributed by atoms with Crippen LogP contribution in [0, 0.1) is 17.2 Å². The summed E-state index contributed by atoms with van der Waals surface area (Å²) in [6.45, 7) is 5.12. The van der Waals surface area contributed by atoms with Crippen molar-refractivity contribution in [3.05, 3.63) is 0 Å². The summed E-state index contributed by atoms with van der Waals surface area (Å²) in [6.07, 6.45) is 2.15. The lowest BCUT2D eigenvalue weighted by atomic mass is 10.1. The number of carbonyl (C=O) groups is 1. The van der Waals surface area contributed by atoms with Crippen molar-refractivity contribution in [1.82, 2.24) is 4.90 Å². The van der Waals surface area contributed by atoms with Crippen molar-refractivity contribution in [2.45, 2.75) is 31.9 Å². The van der Waals surface area contributed by atoms with Gasteiger partial charge in [-0.3, -0.25) is 4.79 Å². The molecule has 1 rings (SSSR count). The first-order valence-electron chi connectivity index (χ1n) is 5.49. The van der Waals surface area contributed by atoms with E-state index in [-0.39, 0.29) is 17.1 Å². The molecule has 0 saturated carbocycles. The Morgan fingerprint density at radius 1 is 1.73 bits per heavy atom. The number of nitrogens with zero attached hydrogens (tertiary/aromatic N) is 2. The van der Waals surface area contributed by atoms with E-state index < -0.39 is 0 Å². The molecule has 2 atom stereocenters. The Balaban J connectivity index is 2.50. The number of carbonyl (C=O) groups excluding carboxylic acids is 1. The minimum Gasteiger partial charge on any atom is -0.341 e. The van der Waals surface area contributed by atoms with Gasteiger partial charge in [-0.1, -0.05) is 0 Å². The van der Waals surface area contributed by atoms with Crippen LogP contribution in [-0.2, 0) is 4.79 Å². The van der Waals surface area contributed by atoms with E-state index in [2.05, 4.69) is 6.07 Å². The fourth-order valence-corrected chi connectivity index (χ4v) is 2.97. The maximum atomic E-state index is 12.0. The maximum Gasteiger partial charge on any atom is 0.235 e. The summed E-state index contributed by atoms with van der Waals surface area (Å²) in [7, 11) is 0. The fourth-order valence-electron chi connectivity index (χ4n) is 1.72. The average molecular weight is 226 g/mol. The third-order valence-corrected chi connectivity index (χ3v) is 3.98. The molecule has 1 amide bonds. The van der Waals surface area contributed by atoms with Crippen molar-refractivity contribution < 1.29 is 4.79 Å². The Bertz CT molecular complexity index is 256. The van der Waals surface area contributed by atoms with Crippen molar-refractivity contribution in [3.63, 3.8) is 0 Å². The molecular formula is C11H18N2OS. The van der Waals surface area contributed by atoms with Gasteiger partial charge in [-0.25, -0.2) is 0 Å². The van der Waals surface area contributed by atoms with Crippen molar-refractivity contribution in [3.8, 4) is 6.07 Å². The molecule has 1 heterocycles. The van der Waals surface area contributed by atoms with Gasteiger partial charge in [-0.15, -0.1) is 11.8 Å². The number of hydrogen-bond acceptors (Lipinski definition) is 3. The van der Waals surface area contributed by atoms with Gasteiger partial charge in [0.15, 0.2) is 0 Å². The highest BCUT2D eigenvalue weighted by molar-refractivity contribution is 8.00. The largest absolute Gasteiger partial charge is 0.341 e. The Kier molecular flexibility index (Phi) is 4.97. The SMILES string of the molecule is CCN(CC(C)C#N)C(=O)C1CCCS1. The van der Waals surface area contributed by atoms with E-state index in [9.17, 15) is 4.79 Å². The molecule has 1 fully saturated rings. The van der Waals surface area contributed by atoms with Crippen molar-refractivity contribution in [2.24, 2.45) is 5.92 Å². The molecule has 1 aliphatic rings. The highest BCUT2D eigenvalue weighted by Gasteiger charge is 2.27. The molecule has 0 bridgehead atoms. The Morgan fingerprint density at radius 3 is 2.93 bits per heavy atom. The van der Waals surface area contributed by atoms with Crippen LogP contribution in [0.4, 0.5) is 0 Å². The first-order valence-corrected chi connectivity index (χ1v) is 6.54. The second-order valence-corrected chi connectivity index (χ2v) is 5.22. The summed E-state index contributed by atoms with van der Waals surface area (Å²) in [5.74, 6) is 1.25. The summed E-state index contributed by atoms with van der Waals surface area (Å²) in [6, 6.07) is 2.17. The van der Waals surface area contributed by atoms with E-state index in [1.165, 1.54) is 0 Å². The number of nitriles is 1. The van der Waals surface area contributed by atoms with Crippen LogP contribution in [0.2, 0.25) is 0 Å². The van der Waals surface area contributed by atoms with Gasteiger partial charge in [-0.2, -0.15) is 5.26 Å². The number of hydrogen-bond donors (Lipinski definition) is 0. The molecule has 3 nitrogen and oxygen atoms in total. The quantitative estimate of drug-likeness (QED) is 0.735. The van der Waals surface area contributed by atoms with Gasteiger partial charge in [0.25, 0.3) is 0 Å². The smallest absolute Gasteiger partial charge is 0.235 e. The predicted molar refractivity (Wildman–Crippen MR) is 62.5 cm³/mol. The molecule has 0 spiro atoms. The van der Waals surface area contributed by atoms with Gasteiger partial charge >= 0.3 is 0 Å². The summed E-state index contributed by atoms with van der Waals surface area (Å²) in [5.41, 5.74) is 0. The van der Waals surface area contributed by atoms with Crippen LogP contribution < -0.4 is 0 Å². The molecule has 0 aromatic heterocycles. The van der Waals surface area contributed by atoms with Crippen molar-refractivity contribution in [1.29, 1.82) is 5.26 Å². The lowest BCUT2D eigenvalue weighted by Gasteiger charge is -2.24. The van der Waals surface area contributed by atoms with Crippen molar-refractivity contribution in [2.75, 3.05) is 18.8 Å². The first-order chi connectivity index (χ1) is 7.19. The summed E-state index contributed by atoms with van der Waals surface area (Å²) < 4.78 is 0. The third kappa shape index (κ3) is 3.42. The summed E-state index contributed by atoms with van der Waals surface area (Å²) in [4.78, 5) is 13.8. The lowest BCUT2D eigenvalue weighted by Crippen LogP contribution is -2.39. The molecule has 1 aliphatic heterocycles. The van der Waals surface area contributed by atoms with Gasteiger partial charge in [0, 0.05) is 13.1 Å². The number of rotatable bonds is 4. The molecule has 0 aliphatic carbocycles. The zero-order valence-corrected chi connectivity index (χ0v) is 10.2. The van der Waals surface area contributed by atoms with E-state index in [1.807, 2.05) is 18.7 Å². The van der Waals surface area contributed by atoms with E-state index in [0.717, 1.165) is 18.6 Å². The molecule has 2 unspecified atom stereocenters. The van der Waals surface area contributed by atoms with Gasteiger partial charge in [-0.05, 0) is 32.4 Å². The molecule has 1 saturated heterocycles. The molecule has 0 N–H and O–H groups in total. The highest BCUT2D eigenvalue weighted by Crippen LogP contribution is 2.27. The molecule has 0 radical (unpaired) electrons. The molecule has 15 heavy (non-hydrogen) atoms. The normalized spacial score (nSPS) is 22.1. The average Bonchev–Trinajstić information content (AvgIpc) is 2.77. The van der Waals surface area contributed by atoms with Crippen LogP contribution in [0.25, 0.3) is 0 Å². The van der Waals surface area contributed by atoms with E-state index in [0.29, 0.717) is 13.1 Å². The predicted octanol–water partition coefficient (Wildman–Crippen LogP) is 1.89. The number of thioether (sulfide) groups is 1. The molecular weight excluding hydrogens is 208 g/mol. The maximum absolute atomic E-state index is 12.0. The van der Waals surface area contributed by atoms with E-state index in [4.69, 9.17) is 5.26 Å². The number of amides is 1. The standard InChI is InChI=1S/C11H18N2OS/c1-3-13(8-9(2)7-12)11(14)10-5-4-6-15-10/h9-10H,3-6,8H2,1-2H3. The molecule has 84 valence electrons. The van der Waals surface area contributed by atoms with Crippen molar-refractivity contribution >= 4 is 17.7 Å². The zero-order chi connectivity index (χ0) is 11.3. The molecule has 0 aromatic carbocycles. The Hall–Kier alpha value is -0.690. The Labute approximate surface area is 95.8 Å². The second kappa shape index (κ2) is 6.02. The second-order valence-electron chi connectivity index (χ2n) is 3.91. The van der Waals surface area contributed by atoms with Crippen LogP contribution in [-0.4, -0.2) is 34.9 Å². The lowest BCUT2D eigenvalue weighted by molar-refractivity contribution is -0.130. The van der Waals surface area contributed by atoms with Gasteiger partial charge < -0.3 is 4.90 Å². The molecule has 0 aromatic rings.